The SMILES string of the molecule is O=S([O-])c1ccc2cc(S(=O)O)ccc2c1. The first-order valence-corrected chi connectivity index (χ1v) is 6.50. The van der Waals surface area contributed by atoms with Crippen LogP contribution in [0.15, 0.2) is 46.2 Å². The second kappa shape index (κ2) is 4.42. The van der Waals surface area contributed by atoms with Gasteiger partial charge in [-0.05, 0) is 46.1 Å². The third kappa shape index (κ3) is 2.19. The maximum Gasteiger partial charge on any atom is 0.186 e. The van der Waals surface area contributed by atoms with Crippen LogP contribution >= 0.6 is 0 Å². The Morgan fingerprint density at radius 1 is 0.938 bits per heavy atom. The Balaban J connectivity index is 2.61. The molecule has 84 valence electrons. The number of benzene rings is 2. The van der Waals surface area contributed by atoms with Crippen LogP contribution in [0, 0.1) is 0 Å². The minimum Gasteiger partial charge on any atom is -0.768 e. The smallest absolute Gasteiger partial charge is 0.186 e. The second-order valence-electron chi connectivity index (χ2n) is 3.15. The lowest BCUT2D eigenvalue weighted by Gasteiger charge is -2.06. The largest absolute Gasteiger partial charge is 0.768 e. The summed E-state index contributed by atoms with van der Waals surface area (Å²) in [6, 6.07) is 9.25. The van der Waals surface area contributed by atoms with Crippen LogP contribution in [0.4, 0.5) is 0 Å². The zero-order valence-corrected chi connectivity index (χ0v) is 9.59. The molecule has 2 unspecified atom stereocenters. The quantitative estimate of drug-likeness (QED) is 0.828. The summed E-state index contributed by atoms with van der Waals surface area (Å²) in [4.78, 5) is 0.494. The summed E-state index contributed by atoms with van der Waals surface area (Å²) in [7, 11) is 0. The van der Waals surface area contributed by atoms with E-state index in [2.05, 4.69) is 0 Å². The molecule has 0 aromatic heterocycles. The molecule has 6 heteroatoms. The molecule has 2 aromatic carbocycles. The lowest BCUT2D eigenvalue weighted by atomic mass is 10.1. The molecule has 2 aromatic rings. The van der Waals surface area contributed by atoms with Gasteiger partial charge in [-0.2, -0.15) is 0 Å². The van der Waals surface area contributed by atoms with Crippen LogP contribution in [-0.4, -0.2) is 17.5 Å². The van der Waals surface area contributed by atoms with Crippen LogP contribution in [0.25, 0.3) is 10.8 Å². The topological polar surface area (TPSA) is 77.4 Å². The maximum atomic E-state index is 10.8. The molecule has 0 aliphatic rings. The van der Waals surface area contributed by atoms with Gasteiger partial charge in [0.25, 0.3) is 0 Å². The molecule has 0 aliphatic heterocycles. The molecular formula is C10H7O4S2-. The predicted octanol–water partition coefficient (Wildman–Crippen LogP) is 1.66. The zero-order valence-electron chi connectivity index (χ0n) is 7.95. The molecule has 2 atom stereocenters. The first kappa shape index (κ1) is 11.4. The van der Waals surface area contributed by atoms with Gasteiger partial charge in [0.15, 0.2) is 11.1 Å². The van der Waals surface area contributed by atoms with Crippen molar-refractivity contribution in [1.82, 2.24) is 0 Å². The van der Waals surface area contributed by atoms with Crippen molar-refractivity contribution in [2.24, 2.45) is 0 Å². The Morgan fingerprint density at radius 3 is 1.94 bits per heavy atom. The van der Waals surface area contributed by atoms with Crippen LogP contribution in [0.5, 0.6) is 0 Å². The van der Waals surface area contributed by atoms with Crippen LogP contribution in [-0.2, 0) is 22.2 Å². The summed E-state index contributed by atoms with van der Waals surface area (Å²) >= 11 is -4.28. The van der Waals surface area contributed by atoms with Gasteiger partial charge in [-0.1, -0.05) is 12.1 Å². The van der Waals surface area contributed by atoms with Crippen LogP contribution < -0.4 is 0 Å². The molecule has 0 saturated heterocycles. The van der Waals surface area contributed by atoms with E-state index in [1.807, 2.05) is 0 Å². The summed E-state index contributed by atoms with van der Waals surface area (Å²) < 4.78 is 41.2. The molecule has 0 bridgehead atoms. The lowest BCUT2D eigenvalue weighted by molar-refractivity contribution is 0.537. The third-order valence-electron chi connectivity index (χ3n) is 2.18. The highest BCUT2D eigenvalue weighted by atomic mass is 32.2. The number of hydrogen-bond acceptors (Lipinski definition) is 3. The Bertz CT molecular complexity index is 541. The number of rotatable bonds is 2. The van der Waals surface area contributed by atoms with Crippen molar-refractivity contribution < 1.29 is 17.5 Å². The molecule has 0 radical (unpaired) electrons. The molecule has 1 N–H and O–H groups in total. The average Bonchev–Trinajstić information content (AvgIpc) is 2.27. The van der Waals surface area contributed by atoms with Crippen molar-refractivity contribution in [3.8, 4) is 0 Å². The minimum absolute atomic E-state index is 0.199. The highest BCUT2D eigenvalue weighted by molar-refractivity contribution is 7.79. The summed E-state index contributed by atoms with van der Waals surface area (Å²) in [6.45, 7) is 0. The van der Waals surface area contributed by atoms with Crippen LogP contribution in [0.1, 0.15) is 0 Å². The van der Waals surface area contributed by atoms with Gasteiger partial charge in [-0.15, -0.1) is 0 Å². The second-order valence-corrected chi connectivity index (χ2v) is 5.07. The third-order valence-corrected chi connectivity index (χ3v) is 3.47. The first-order valence-electron chi connectivity index (χ1n) is 4.32. The molecule has 0 heterocycles. The van der Waals surface area contributed by atoms with Crippen LogP contribution in [0.2, 0.25) is 0 Å². The normalized spacial score (nSPS) is 14.9. The van der Waals surface area contributed by atoms with Crippen LogP contribution in [0.3, 0.4) is 0 Å². The Labute approximate surface area is 96.9 Å². The fraction of sp³-hybridized carbons (Fsp3) is 0. The Kier molecular flexibility index (Phi) is 3.15. The average molecular weight is 255 g/mol. The van der Waals surface area contributed by atoms with Crippen molar-refractivity contribution in [2.75, 3.05) is 0 Å². The van der Waals surface area contributed by atoms with E-state index in [1.165, 1.54) is 18.2 Å². The summed E-state index contributed by atoms with van der Waals surface area (Å²) in [5.41, 5.74) is 0. The van der Waals surface area contributed by atoms with Gasteiger partial charge in [0.05, 0.1) is 4.90 Å². The monoisotopic (exact) mass is 255 g/mol. The zero-order chi connectivity index (χ0) is 11.7. The van der Waals surface area contributed by atoms with Gasteiger partial charge < -0.3 is 9.11 Å². The van der Waals surface area contributed by atoms with E-state index in [-0.39, 0.29) is 4.90 Å². The summed E-state index contributed by atoms with van der Waals surface area (Å²) in [5, 5.41) is 1.45. The standard InChI is InChI=1S/C10H8O4S2/c11-15(12)9-3-1-7-5-10(16(13)14)4-2-8(7)6-9/h1-6H,(H,11,12)(H,13,14)/p-1. The van der Waals surface area contributed by atoms with Gasteiger partial charge in [0.2, 0.25) is 0 Å². The van der Waals surface area contributed by atoms with Gasteiger partial charge in [-0.3, -0.25) is 4.21 Å². The summed E-state index contributed by atoms with van der Waals surface area (Å²) in [6.07, 6.45) is 0. The number of hydrogen-bond donors (Lipinski definition) is 1. The van der Waals surface area contributed by atoms with Gasteiger partial charge >= 0.3 is 0 Å². The molecule has 2 rings (SSSR count). The molecule has 0 aliphatic carbocycles. The predicted molar refractivity (Wildman–Crippen MR) is 60.2 cm³/mol. The first-order chi connectivity index (χ1) is 7.58. The Morgan fingerprint density at radius 2 is 1.44 bits per heavy atom. The van der Waals surface area contributed by atoms with Crippen molar-refractivity contribution in [3.63, 3.8) is 0 Å². The van der Waals surface area contributed by atoms with E-state index in [0.717, 1.165) is 10.8 Å². The van der Waals surface area contributed by atoms with E-state index >= 15 is 0 Å². The fourth-order valence-corrected chi connectivity index (χ4v) is 2.23. The molecular weight excluding hydrogens is 248 g/mol. The van der Waals surface area contributed by atoms with E-state index in [9.17, 15) is 13.0 Å². The minimum atomic E-state index is -2.26. The van der Waals surface area contributed by atoms with E-state index < -0.39 is 22.2 Å². The molecule has 0 amide bonds. The highest BCUT2D eigenvalue weighted by Gasteiger charge is 2.02. The molecule has 0 spiro atoms. The van der Waals surface area contributed by atoms with E-state index in [4.69, 9.17) is 4.55 Å². The number of fused-ring (bicyclic) bond motifs is 1. The van der Waals surface area contributed by atoms with Gasteiger partial charge in [-0.25, -0.2) is 4.21 Å². The lowest BCUT2D eigenvalue weighted by Crippen LogP contribution is -1.90. The molecule has 0 fully saturated rings. The van der Waals surface area contributed by atoms with Crippen molar-refractivity contribution in [2.45, 2.75) is 9.79 Å². The maximum absolute atomic E-state index is 10.8. The van der Waals surface area contributed by atoms with E-state index in [0.29, 0.717) is 4.90 Å². The van der Waals surface area contributed by atoms with Crippen molar-refractivity contribution >= 4 is 32.9 Å². The van der Waals surface area contributed by atoms with E-state index in [1.54, 1.807) is 18.2 Å². The molecule has 4 nitrogen and oxygen atoms in total. The fourth-order valence-electron chi connectivity index (χ4n) is 1.41. The molecule has 0 saturated carbocycles. The highest BCUT2D eigenvalue weighted by Crippen LogP contribution is 2.20. The van der Waals surface area contributed by atoms with Crippen molar-refractivity contribution in [1.29, 1.82) is 0 Å². The van der Waals surface area contributed by atoms with Crippen molar-refractivity contribution in [3.05, 3.63) is 36.4 Å². The molecule has 16 heavy (non-hydrogen) atoms. The van der Waals surface area contributed by atoms with Gasteiger partial charge in [0.1, 0.15) is 0 Å². The summed E-state index contributed by atoms with van der Waals surface area (Å²) in [5.74, 6) is 0. The Hall–Kier alpha value is -1.08. The van der Waals surface area contributed by atoms with Gasteiger partial charge in [0, 0.05) is 4.90 Å².